The van der Waals surface area contributed by atoms with Crippen molar-refractivity contribution in [1.29, 1.82) is 0 Å². The molecular weight excluding hydrogens is 1510 g/mol. The number of carbonyl (C=O) groups excluding carboxylic acids is 4. The van der Waals surface area contributed by atoms with Crippen LogP contribution in [-0.4, -0.2) is 205 Å². The Morgan fingerprint density at radius 2 is 0.698 bits per heavy atom. The van der Waals surface area contributed by atoms with E-state index < -0.39 is 162 Å². The predicted octanol–water partition coefficient (Wildman–Crippen LogP) is 17.0. The highest BCUT2D eigenvalue weighted by Crippen LogP contribution is 2.49. The normalized spacial score (nSPS) is 25.4. The zero-order valence-corrected chi connectivity index (χ0v) is 73.6. The van der Waals surface area contributed by atoms with Gasteiger partial charge in [-0.1, -0.05) is 336 Å². The summed E-state index contributed by atoms with van der Waals surface area (Å²) in [6.45, 7) is 7.91. The minimum absolute atomic E-state index is 0.00470. The van der Waals surface area contributed by atoms with Crippen molar-refractivity contribution >= 4 is 31.7 Å². The first kappa shape index (κ1) is 107. The van der Waals surface area contributed by atoms with Gasteiger partial charge in [-0.2, -0.15) is 0 Å². The van der Waals surface area contributed by atoms with Crippen molar-refractivity contribution in [1.82, 2.24) is 0 Å². The summed E-state index contributed by atoms with van der Waals surface area (Å²) < 4.78 is 73.4. The van der Waals surface area contributed by atoms with Gasteiger partial charge in [-0.25, -0.2) is 4.57 Å². The monoisotopic (exact) mass is 1680 g/mol. The molecule has 0 bridgehead atoms. The number of ether oxygens (including phenoxy) is 8. The number of rotatable bonds is 75. The summed E-state index contributed by atoms with van der Waals surface area (Å²) in [5.41, 5.74) is 0. The molecule has 3 fully saturated rings. The van der Waals surface area contributed by atoms with Crippen LogP contribution in [0.2, 0.25) is 0 Å². The number of esters is 4. The summed E-state index contributed by atoms with van der Waals surface area (Å²) in [7, 11) is -5.81. The molecule has 2 heterocycles. The Kier molecular flexibility index (Phi) is 63.5. The molecule has 682 valence electrons. The Balaban J connectivity index is 1.93. The molecule has 0 spiro atoms. The topological polar surface area (TPSA) is 380 Å². The number of phosphoric acid groups is 1. The maximum Gasteiger partial charge on any atom is 0.472 e. The van der Waals surface area contributed by atoms with Crippen LogP contribution in [0, 0.1) is 5.92 Å². The first-order chi connectivity index (χ1) is 56.1. The first-order valence-corrected chi connectivity index (χ1v) is 48.3. The molecule has 19 atom stereocenters. The molecule has 0 aromatic heterocycles. The lowest BCUT2D eigenvalue weighted by Crippen LogP contribution is -2.70. The number of aliphatic hydroxyl groups is 9. The molecule has 19 unspecified atom stereocenters. The molecule has 2 saturated heterocycles. The highest BCUT2D eigenvalue weighted by Gasteiger charge is 2.60. The molecular formula is C90H167O25P. The van der Waals surface area contributed by atoms with Crippen LogP contribution in [0.5, 0.6) is 0 Å². The van der Waals surface area contributed by atoms with Crippen molar-refractivity contribution in [2.75, 3.05) is 26.4 Å². The van der Waals surface area contributed by atoms with E-state index in [-0.39, 0.29) is 25.7 Å². The number of allylic oxidation sites excluding steroid dienone is 2. The molecule has 1 saturated carbocycles. The van der Waals surface area contributed by atoms with Gasteiger partial charge in [0.2, 0.25) is 0 Å². The second kappa shape index (κ2) is 68.6. The fourth-order valence-corrected chi connectivity index (χ4v) is 16.6. The third-order valence-electron chi connectivity index (χ3n) is 23.2. The zero-order valence-electron chi connectivity index (χ0n) is 72.7. The second-order valence-electron chi connectivity index (χ2n) is 33.8. The third-order valence-corrected chi connectivity index (χ3v) is 24.2. The first-order valence-electron chi connectivity index (χ1n) is 46.8. The fourth-order valence-electron chi connectivity index (χ4n) is 15.6. The van der Waals surface area contributed by atoms with Crippen LogP contribution >= 0.6 is 7.82 Å². The lowest BCUT2D eigenvalue weighted by molar-refractivity contribution is -0.360. The Bertz CT molecular complexity index is 2480. The van der Waals surface area contributed by atoms with Crippen molar-refractivity contribution in [3.05, 3.63) is 12.2 Å². The number of carbonyl (C=O) groups is 4. The molecule has 2 aliphatic heterocycles. The minimum atomic E-state index is -5.81. The molecule has 3 aliphatic rings. The molecule has 1 aliphatic carbocycles. The van der Waals surface area contributed by atoms with Crippen LogP contribution in [0.3, 0.4) is 0 Å². The second-order valence-corrected chi connectivity index (χ2v) is 35.2. The Morgan fingerprint density at radius 1 is 0.362 bits per heavy atom. The largest absolute Gasteiger partial charge is 0.472 e. The molecule has 3 rings (SSSR count). The van der Waals surface area contributed by atoms with Gasteiger partial charge < -0.3 is 88.7 Å². The van der Waals surface area contributed by atoms with E-state index in [1.54, 1.807) is 0 Å². The van der Waals surface area contributed by atoms with Gasteiger partial charge in [-0.3, -0.25) is 28.2 Å². The van der Waals surface area contributed by atoms with Crippen LogP contribution in [0.25, 0.3) is 0 Å². The highest BCUT2D eigenvalue weighted by atomic mass is 31.2. The maximum atomic E-state index is 14.9. The summed E-state index contributed by atoms with van der Waals surface area (Å²) in [5.74, 6) is -2.30. The van der Waals surface area contributed by atoms with Crippen molar-refractivity contribution in [2.45, 2.75) is 505 Å². The number of phosphoric ester groups is 1. The molecule has 10 N–H and O–H groups in total. The number of unbranched alkanes of at least 4 members (excludes halogenated alkanes) is 45. The average Bonchev–Trinajstić information content (AvgIpc) is 0.753. The van der Waals surface area contributed by atoms with Gasteiger partial charge in [0.1, 0.15) is 92.6 Å². The van der Waals surface area contributed by atoms with Crippen molar-refractivity contribution < 1.29 is 122 Å². The van der Waals surface area contributed by atoms with Crippen LogP contribution < -0.4 is 0 Å². The van der Waals surface area contributed by atoms with Gasteiger partial charge in [0.15, 0.2) is 24.8 Å². The van der Waals surface area contributed by atoms with Crippen LogP contribution in [-0.2, 0) is 70.7 Å². The highest BCUT2D eigenvalue weighted by molar-refractivity contribution is 7.47. The standard InChI is InChI=1S/C90H167O25P/c1-6-10-14-18-22-25-28-31-32-35-38-41-44-51-58-64-76(95)112-85-81(100)82(101)86(113-89-83(102)79(98)77(96)71(65-91)110-89)88(87(85)114-90-84(103)80(99)78(97)72(111-90)68-107-74(93)62-56-50-43-40-37-34-30-27-24-20-16-12-8-3)115-116(104,105)108-67-70(66-106-73(92)61-55-49-42-39-36-33-29-26-23-19-15-11-7-2)109-75(94)63-57-52-46-45-48-54-60-69(5)59-53-47-21-17-13-9-4/h34,37,69-72,77-91,96-103H,6-33,35-36,38-68H2,1-5H3,(H,104,105)/b37-34-. The Morgan fingerprint density at radius 3 is 1.12 bits per heavy atom. The van der Waals surface area contributed by atoms with Crippen LogP contribution in [0.1, 0.15) is 401 Å². The summed E-state index contributed by atoms with van der Waals surface area (Å²) >= 11 is 0. The van der Waals surface area contributed by atoms with E-state index in [4.69, 9.17) is 46.9 Å². The van der Waals surface area contributed by atoms with Gasteiger partial charge in [0.25, 0.3) is 0 Å². The maximum absolute atomic E-state index is 14.9. The lowest BCUT2D eigenvalue weighted by Gasteiger charge is -2.50. The average molecular weight is 1680 g/mol. The molecule has 25 nitrogen and oxygen atoms in total. The molecule has 0 aromatic rings. The smallest absolute Gasteiger partial charge is 0.463 e. The van der Waals surface area contributed by atoms with Gasteiger partial charge in [0.05, 0.1) is 13.2 Å². The third kappa shape index (κ3) is 48.9. The number of hydrogen-bond acceptors (Lipinski definition) is 24. The molecule has 0 aromatic carbocycles. The lowest BCUT2D eigenvalue weighted by atomic mass is 9.84. The SMILES string of the molecule is CCCCCCCC/C=C\CCCCCC(=O)OCC1OC(OC2C(OC(=O)CCCCCCCCCCCCCCCCC)C(O)C(O)C(OC3OC(CO)C(O)C(O)C3O)C2OP(=O)(O)OCC(COC(=O)CCCCCCCCCCCCCCC)OC(=O)CCCCCCCCC(C)CCCCCCCC)C(O)C(O)C1O. The molecule has 116 heavy (non-hydrogen) atoms. The van der Waals surface area contributed by atoms with E-state index >= 15 is 0 Å². The fraction of sp³-hybridized carbons (Fsp3) is 0.933. The Labute approximate surface area is 699 Å². The zero-order chi connectivity index (χ0) is 84.8. The summed E-state index contributed by atoms with van der Waals surface area (Å²) in [6, 6.07) is 0. The molecule has 0 amide bonds. The molecule has 26 heteroatoms. The van der Waals surface area contributed by atoms with Crippen molar-refractivity contribution in [3.63, 3.8) is 0 Å². The van der Waals surface area contributed by atoms with Crippen molar-refractivity contribution in [3.8, 4) is 0 Å². The minimum Gasteiger partial charge on any atom is -0.463 e. The quantitative estimate of drug-likeness (QED) is 0.00889. The number of aliphatic hydroxyl groups excluding tert-OH is 9. The van der Waals surface area contributed by atoms with E-state index in [9.17, 15) is 74.6 Å². The number of hydrogen-bond donors (Lipinski definition) is 10. The summed E-state index contributed by atoms with van der Waals surface area (Å²) in [4.78, 5) is 66.5. The van der Waals surface area contributed by atoms with Gasteiger partial charge in [-0.15, -0.1) is 0 Å². The van der Waals surface area contributed by atoms with E-state index in [0.717, 1.165) is 122 Å². The van der Waals surface area contributed by atoms with E-state index in [0.29, 0.717) is 44.4 Å². The van der Waals surface area contributed by atoms with Crippen LogP contribution in [0.15, 0.2) is 12.2 Å². The van der Waals surface area contributed by atoms with Gasteiger partial charge in [0, 0.05) is 25.7 Å². The van der Waals surface area contributed by atoms with Crippen molar-refractivity contribution in [2.24, 2.45) is 5.92 Å². The molecule has 0 radical (unpaired) electrons. The summed E-state index contributed by atoms with van der Waals surface area (Å²) in [5, 5.41) is 102. The van der Waals surface area contributed by atoms with E-state index in [1.807, 2.05) is 0 Å². The summed E-state index contributed by atoms with van der Waals surface area (Å²) in [6.07, 6.45) is 25.0. The Hall–Kier alpha value is -2.79. The van der Waals surface area contributed by atoms with E-state index in [2.05, 4.69) is 46.8 Å². The van der Waals surface area contributed by atoms with Gasteiger partial charge in [-0.05, 0) is 57.3 Å². The van der Waals surface area contributed by atoms with Gasteiger partial charge >= 0.3 is 31.7 Å². The predicted molar refractivity (Wildman–Crippen MR) is 449 cm³/mol. The van der Waals surface area contributed by atoms with E-state index in [1.165, 1.54) is 180 Å². The van der Waals surface area contributed by atoms with Crippen LogP contribution in [0.4, 0.5) is 0 Å².